The van der Waals surface area contributed by atoms with Gasteiger partial charge in [-0.05, 0) is 45.8 Å². The summed E-state index contributed by atoms with van der Waals surface area (Å²) in [5, 5.41) is 9.85. The van der Waals surface area contributed by atoms with Gasteiger partial charge in [-0.2, -0.15) is 0 Å². The number of halogens is 2. The van der Waals surface area contributed by atoms with Gasteiger partial charge < -0.3 is 9.52 Å². The van der Waals surface area contributed by atoms with Crippen LogP contribution < -0.4 is 0 Å². The molecule has 78 valence electrons. The molecule has 0 aliphatic heterocycles. The third-order valence-electron chi connectivity index (χ3n) is 2.03. The van der Waals surface area contributed by atoms with Gasteiger partial charge >= 0.3 is 0 Å². The Labute approximate surface area is 94.5 Å². The molecule has 15 heavy (non-hydrogen) atoms. The highest BCUT2D eigenvalue weighted by molar-refractivity contribution is 9.10. The van der Waals surface area contributed by atoms with E-state index in [2.05, 4.69) is 15.9 Å². The van der Waals surface area contributed by atoms with Gasteiger partial charge in [-0.25, -0.2) is 4.39 Å². The lowest BCUT2D eigenvalue weighted by atomic mass is 10.1. The summed E-state index contributed by atoms with van der Waals surface area (Å²) in [6, 6.07) is 9.11. The molecule has 0 spiro atoms. The fourth-order valence-corrected chi connectivity index (χ4v) is 1.64. The van der Waals surface area contributed by atoms with Crippen LogP contribution in [0.2, 0.25) is 0 Å². The zero-order valence-corrected chi connectivity index (χ0v) is 9.24. The van der Waals surface area contributed by atoms with E-state index >= 15 is 0 Å². The Balaban J connectivity index is 2.32. The van der Waals surface area contributed by atoms with Gasteiger partial charge in [-0.3, -0.25) is 0 Å². The molecule has 1 unspecified atom stereocenters. The van der Waals surface area contributed by atoms with Crippen molar-refractivity contribution in [3.8, 4) is 0 Å². The summed E-state index contributed by atoms with van der Waals surface area (Å²) in [6.45, 7) is 0. The van der Waals surface area contributed by atoms with Crippen molar-refractivity contribution in [1.82, 2.24) is 0 Å². The van der Waals surface area contributed by atoms with Crippen LogP contribution in [0.5, 0.6) is 0 Å². The molecule has 2 nitrogen and oxygen atoms in total. The maximum absolute atomic E-state index is 12.9. The van der Waals surface area contributed by atoms with Gasteiger partial charge in [0, 0.05) is 0 Å². The Bertz CT molecular complexity index is 467. The Hall–Kier alpha value is -1.13. The van der Waals surface area contributed by atoms with Gasteiger partial charge in [0.2, 0.25) is 0 Å². The molecule has 0 bridgehead atoms. The first-order valence-electron chi connectivity index (χ1n) is 4.35. The summed E-state index contributed by atoms with van der Waals surface area (Å²) < 4.78 is 18.6. The van der Waals surface area contributed by atoms with E-state index < -0.39 is 6.10 Å². The van der Waals surface area contributed by atoms with E-state index in [0.717, 1.165) is 0 Å². The second-order valence-electron chi connectivity index (χ2n) is 3.10. The Kier molecular flexibility index (Phi) is 2.88. The number of hydrogen-bond donors (Lipinski definition) is 1. The summed E-state index contributed by atoms with van der Waals surface area (Å²) in [6.07, 6.45) is -0.938. The summed E-state index contributed by atoms with van der Waals surface area (Å²) in [5.74, 6) is 0.00430. The number of rotatable bonds is 2. The number of aliphatic hydroxyl groups excluding tert-OH is 1. The lowest BCUT2D eigenvalue weighted by molar-refractivity contribution is 0.187. The topological polar surface area (TPSA) is 33.4 Å². The van der Waals surface area contributed by atoms with Crippen molar-refractivity contribution in [3.63, 3.8) is 0 Å². The molecule has 0 saturated carbocycles. The first kappa shape index (κ1) is 10.4. The molecule has 4 heteroatoms. The molecular formula is C11H8BrFO2. The molecule has 0 aliphatic carbocycles. The van der Waals surface area contributed by atoms with Crippen molar-refractivity contribution in [3.05, 3.63) is 58.2 Å². The monoisotopic (exact) mass is 270 g/mol. The van der Waals surface area contributed by atoms with E-state index in [1.807, 2.05) is 0 Å². The Morgan fingerprint density at radius 3 is 2.67 bits per heavy atom. The largest absolute Gasteiger partial charge is 0.451 e. The highest BCUT2D eigenvalue weighted by Gasteiger charge is 2.14. The molecule has 1 aromatic heterocycles. The van der Waals surface area contributed by atoms with Gasteiger partial charge in [-0.15, -0.1) is 0 Å². The maximum Gasteiger partial charge on any atom is 0.169 e. The van der Waals surface area contributed by atoms with E-state index in [4.69, 9.17) is 4.42 Å². The lowest BCUT2D eigenvalue weighted by Gasteiger charge is -2.07. The molecule has 1 heterocycles. The van der Waals surface area contributed by atoms with Crippen molar-refractivity contribution < 1.29 is 13.9 Å². The molecule has 0 fully saturated rings. The number of benzene rings is 1. The van der Waals surface area contributed by atoms with Crippen LogP contribution in [0.3, 0.4) is 0 Å². The van der Waals surface area contributed by atoms with E-state index in [0.29, 0.717) is 16.0 Å². The van der Waals surface area contributed by atoms with Crippen molar-refractivity contribution >= 4 is 15.9 Å². The molecule has 0 radical (unpaired) electrons. The van der Waals surface area contributed by atoms with Crippen LogP contribution in [0.1, 0.15) is 17.4 Å². The molecule has 1 N–H and O–H groups in total. The standard InChI is InChI=1S/C11H8BrFO2/c12-10-5-4-9(15-10)11(14)7-2-1-3-8(13)6-7/h1-6,11,14H. The Morgan fingerprint density at radius 2 is 2.07 bits per heavy atom. The van der Waals surface area contributed by atoms with Crippen LogP contribution >= 0.6 is 15.9 Å². The quantitative estimate of drug-likeness (QED) is 0.909. The van der Waals surface area contributed by atoms with Crippen LogP contribution in [-0.4, -0.2) is 5.11 Å². The fraction of sp³-hybridized carbons (Fsp3) is 0.0909. The van der Waals surface area contributed by atoms with Crippen molar-refractivity contribution in [2.45, 2.75) is 6.10 Å². The van der Waals surface area contributed by atoms with Crippen molar-refractivity contribution in [1.29, 1.82) is 0 Å². The average molecular weight is 271 g/mol. The first-order valence-corrected chi connectivity index (χ1v) is 5.15. The third-order valence-corrected chi connectivity index (χ3v) is 2.45. The average Bonchev–Trinajstić information content (AvgIpc) is 2.64. The lowest BCUT2D eigenvalue weighted by Crippen LogP contribution is -1.98. The van der Waals surface area contributed by atoms with Crippen molar-refractivity contribution in [2.24, 2.45) is 0 Å². The van der Waals surface area contributed by atoms with Crippen LogP contribution in [0.25, 0.3) is 0 Å². The minimum atomic E-state index is -0.938. The molecule has 2 rings (SSSR count). The van der Waals surface area contributed by atoms with Gasteiger partial charge in [0.1, 0.15) is 17.7 Å². The zero-order valence-electron chi connectivity index (χ0n) is 7.65. The van der Waals surface area contributed by atoms with Gasteiger partial charge in [0.15, 0.2) is 4.67 Å². The van der Waals surface area contributed by atoms with Gasteiger partial charge in [-0.1, -0.05) is 12.1 Å². The molecule has 0 aliphatic rings. The zero-order chi connectivity index (χ0) is 10.8. The van der Waals surface area contributed by atoms with Crippen LogP contribution in [-0.2, 0) is 0 Å². The van der Waals surface area contributed by atoms with E-state index in [1.165, 1.54) is 12.1 Å². The van der Waals surface area contributed by atoms with Crippen LogP contribution in [0, 0.1) is 5.82 Å². The third kappa shape index (κ3) is 2.27. The minimum absolute atomic E-state index is 0.378. The number of aliphatic hydroxyl groups is 1. The molecule has 2 aromatic rings. The first-order chi connectivity index (χ1) is 7.16. The van der Waals surface area contributed by atoms with Crippen molar-refractivity contribution in [2.75, 3.05) is 0 Å². The van der Waals surface area contributed by atoms with E-state index in [-0.39, 0.29) is 5.82 Å². The predicted molar refractivity (Wildman–Crippen MR) is 56.9 cm³/mol. The highest BCUT2D eigenvalue weighted by Crippen LogP contribution is 2.26. The second kappa shape index (κ2) is 4.16. The predicted octanol–water partition coefficient (Wildman–Crippen LogP) is 3.26. The molecule has 1 aromatic carbocycles. The minimum Gasteiger partial charge on any atom is -0.451 e. The van der Waals surface area contributed by atoms with E-state index in [1.54, 1.807) is 24.3 Å². The molecular weight excluding hydrogens is 263 g/mol. The fourth-order valence-electron chi connectivity index (χ4n) is 1.32. The van der Waals surface area contributed by atoms with Gasteiger partial charge in [0.05, 0.1) is 0 Å². The second-order valence-corrected chi connectivity index (χ2v) is 3.88. The highest BCUT2D eigenvalue weighted by atomic mass is 79.9. The van der Waals surface area contributed by atoms with Gasteiger partial charge in [0.25, 0.3) is 0 Å². The molecule has 1 atom stereocenters. The SMILES string of the molecule is OC(c1cccc(F)c1)c1ccc(Br)o1. The number of furan rings is 1. The molecule has 0 saturated heterocycles. The summed E-state index contributed by atoms with van der Waals surface area (Å²) in [7, 11) is 0. The Morgan fingerprint density at radius 1 is 1.27 bits per heavy atom. The summed E-state index contributed by atoms with van der Waals surface area (Å²) in [5.41, 5.74) is 0.469. The molecule has 0 amide bonds. The summed E-state index contributed by atoms with van der Waals surface area (Å²) >= 11 is 3.14. The summed E-state index contributed by atoms with van der Waals surface area (Å²) in [4.78, 5) is 0. The normalized spacial score (nSPS) is 12.7. The maximum atomic E-state index is 12.9. The van der Waals surface area contributed by atoms with Crippen LogP contribution in [0.4, 0.5) is 4.39 Å². The smallest absolute Gasteiger partial charge is 0.169 e. The number of hydrogen-bond acceptors (Lipinski definition) is 2. The van der Waals surface area contributed by atoms with E-state index in [9.17, 15) is 9.50 Å². The van der Waals surface area contributed by atoms with Crippen LogP contribution in [0.15, 0.2) is 45.5 Å².